The van der Waals surface area contributed by atoms with Crippen LogP contribution in [0.2, 0.25) is 0 Å². The second-order valence-electron chi connectivity index (χ2n) is 7.84. The van der Waals surface area contributed by atoms with E-state index in [1.54, 1.807) is 20.8 Å². The number of rotatable bonds is 3. The van der Waals surface area contributed by atoms with E-state index >= 15 is 0 Å². The van der Waals surface area contributed by atoms with Crippen LogP contribution in [0.15, 0.2) is 30.3 Å². The molecule has 2 heterocycles. The van der Waals surface area contributed by atoms with Crippen molar-refractivity contribution < 1.29 is 24.2 Å². The Hall–Kier alpha value is -2.57. The van der Waals surface area contributed by atoms with Crippen LogP contribution in [-0.2, 0) is 14.3 Å². The van der Waals surface area contributed by atoms with Crippen molar-refractivity contribution >= 4 is 18.0 Å². The summed E-state index contributed by atoms with van der Waals surface area (Å²) in [5.74, 6) is -2.37. The van der Waals surface area contributed by atoms with Crippen LogP contribution in [0, 0.1) is 5.92 Å². The molecule has 3 rings (SSSR count). The fourth-order valence-corrected chi connectivity index (χ4v) is 3.90. The average Bonchev–Trinajstić information content (AvgIpc) is 2.97. The van der Waals surface area contributed by atoms with E-state index < -0.39 is 35.2 Å². The highest BCUT2D eigenvalue weighted by Gasteiger charge is 2.64. The molecule has 0 spiro atoms. The molecule has 0 aliphatic carbocycles. The lowest BCUT2D eigenvalue weighted by Gasteiger charge is -2.49. The molecule has 2 amide bonds. The van der Waals surface area contributed by atoms with Gasteiger partial charge in [-0.3, -0.25) is 9.69 Å². The van der Waals surface area contributed by atoms with Gasteiger partial charge in [0.2, 0.25) is 5.91 Å². The van der Waals surface area contributed by atoms with E-state index in [-0.39, 0.29) is 18.9 Å². The maximum atomic E-state index is 12.7. The number of likely N-dealkylation sites (tertiary alicyclic amines) is 1. The number of carbonyl (C=O) groups excluding carboxylic acids is 2. The molecule has 0 unspecified atom stereocenters. The Labute approximate surface area is 152 Å². The topological polar surface area (TPSA) is 95.9 Å². The molecular formula is C19H24N2O5. The number of hydrogen-bond donors (Lipinski definition) is 2. The predicted molar refractivity (Wildman–Crippen MR) is 93.4 cm³/mol. The molecule has 140 valence electrons. The van der Waals surface area contributed by atoms with E-state index in [0.29, 0.717) is 6.42 Å². The lowest BCUT2D eigenvalue weighted by molar-refractivity contribution is -0.164. The SMILES string of the molecule is CC(C)(C)OC(=O)N1CCC[C@]1(C(=O)O)[C@@H]1C(=O)N[C@@H]1c1ccccc1. The Kier molecular flexibility index (Phi) is 4.42. The molecule has 2 saturated heterocycles. The van der Waals surface area contributed by atoms with E-state index in [0.717, 1.165) is 5.56 Å². The third-order valence-corrected chi connectivity index (χ3v) is 4.99. The van der Waals surface area contributed by atoms with Gasteiger partial charge in [-0.1, -0.05) is 30.3 Å². The summed E-state index contributed by atoms with van der Waals surface area (Å²) < 4.78 is 5.41. The highest BCUT2D eigenvalue weighted by atomic mass is 16.6. The number of benzene rings is 1. The monoisotopic (exact) mass is 360 g/mol. The zero-order valence-electron chi connectivity index (χ0n) is 15.2. The number of nitrogens with one attached hydrogen (secondary N) is 1. The van der Waals surface area contributed by atoms with Crippen molar-refractivity contribution in [2.45, 2.75) is 50.8 Å². The molecule has 0 saturated carbocycles. The number of carbonyl (C=O) groups is 3. The van der Waals surface area contributed by atoms with Crippen molar-refractivity contribution in [1.29, 1.82) is 0 Å². The van der Waals surface area contributed by atoms with E-state index in [1.165, 1.54) is 4.90 Å². The van der Waals surface area contributed by atoms with Gasteiger partial charge in [0, 0.05) is 6.54 Å². The Balaban J connectivity index is 1.97. The van der Waals surface area contributed by atoms with Crippen molar-refractivity contribution in [2.75, 3.05) is 6.54 Å². The zero-order chi connectivity index (χ0) is 19.1. The number of hydrogen-bond acceptors (Lipinski definition) is 4. The van der Waals surface area contributed by atoms with Crippen LogP contribution in [0.1, 0.15) is 45.2 Å². The maximum Gasteiger partial charge on any atom is 0.411 e. The summed E-state index contributed by atoms with van der Waals surface area (Å²) >= 11 is 0. The number of aliphatic carboxylic acids is 1. The number of carboxylic acids is 1. The summed E-state index contributed by atoms with van der Waals surface area (Å²) in [6.07, 6.45) is 0.0451. The minimum absolute atomic E-state index is 0.225. The van der Waals surface area contributed by atoms with Gasteiger partial charge in [-0.15, -0.1) is 0 Å². The first-order valence-electron chi connectivity index (χ1n) is 8.76. The van der Waals surface area contributed by atoms with Gasteiger partial charge in [-0.05, 0) is 39.2 Å². The van der Waals surface area contributed by atoms with Crippen LogP contribution >= 0.6 is 0 Å². The second-order valence-corrected chi connectivity index (χ2v) is 7.84. The second kappa shape index (κ2) is 6.30. The highest BCUT2D eigenvalue weighted by Crippen LogP contribution is 2.47. The molecule has 0 aromatic heterocycles. The van der Waals surface area contributed by atoms with E-state index in [4.69, 9.17) is 4.74 Å². The summed E-state index contributed by atoms with van der Waals surface area (Å²) in [5, 5.41) is 12.9. The molecule has 1 aromatic rings. The number of β-lactam (4-membered cyclic amide) rings is 1. The molecule has 2 aliphatic heterocycles. The molecule has 0 bridgehead atoms. The van der Waals surface area contributed by atoms with Gasteiger partial charge in [0.25, 0.3) is 0 Å². The van der Waals surface area contributed by atoms with Crippen LogP contribution in [0.5, 0.6) is 0 Å². The van der Waals surface area contributed by atoms with Gasteiger partial charge in [-0.25, -0.2) is 9.59 Å². The predicted octanol–water partition coefficient (Wildman–Crippen LogP) is 2.33. The lowest BCUT2D eigenvalue weighted by atomic mass is 9.70. The van der Waals surface area contributed by atoms with Gasteiger partial charge >= 0.3 is 12.1 Å². The fourth-order valence-electron chi connectivity index (χ4n) is 3.90. The Bertz CT molecular complexity index is 727. The first kappa shape index (κ1) is 18.2. The average molecular weight is 360 g/mol. The third kappa shape index (κ3) is 2.91. The molecule has 2 aliphatic rings. The van der Waals surface area contributed by atoms with Gasteiger partial charge < -0.3 is 15.2 Å². The van der Waals surface area contributed by atoms with Crippen LogP contribution in [0.4, 0.5) is 4.79 Å². The molecule has 7 heteroatoms. The van der Waals surface area contributed by atoms with Gasteiger partial charge in [-0.2, -0.15) is 0 Å². The van der Waals surface area contributed by atoms with Gasteiger partial charge in [0.1, 0.15) is 5.60 Å². The van der Waals surface area contributed by atoms with Crippen LogP contribution < -0.4 is 5.32 Å². The largest absolute Gasteiger partial charge is 0.479 e. The van der Waals surface area contributed by atoms with Gasteiger partial charge in [0.15, 0.2) is 5.54 Å². The zero-order valence-corrected chi connectivity index (χ0v) is 15.2. The Morgan fingerprint density at radius 2 is 1.92 bits per heavy atom. The quantitative estimate of drug-likeness (QED) is 0.807. The molecule has 2 fully saturated rings. The summed E-state index contributed by atoms with van der Waals surface area (Å²) in [4.78, 5) is 38.7. The van der Waals surface area contributed by atoms with Gasteiger partial charge in [0.05, 0.1) is 12.0 Å². The molecule has 1 aromatic carbocycles. The smallest absolute Gasteiger partial charge is 0.411 e. The van der Waals surface area contributed by atoms with Crippen LogP contribution in [-0.4, -0.2) is 45.7 Å². The fraction of sp³-hybridized carbons (Fsp3) is 0.526. The minimum Gasteiger partial charge on any atom is -0.479 e. The molecular weight excluding hydrogens is 336 g/mol. The number of nitrogens with zero attached hydrogens (tertiary/aromatic N) is 1. The summed E-state index contributed by atoms with van der Waals surface area (Å²) in [5.41, 5.74) is -1.51. The number of amides is 2. The maximum absolute atomic E-state index is 12.7. The van der Waals surface area contributed by atoms with Crippen molar-refractivity contribution in [1.82, 2.24) is 10.2 Å². The minimum atomic E-state index is -1.59. The molecule has 26 heavy (non-hydrogen) atoms. The molecule has 3 atom stereocenters. The van der Waals surface area contributed by atoms with Crippen molar-refractivity contribution in [3.8, 4) is 0 Å². The highest BCUT2D eigenvalue weighted by molar-refractivity contribution is 5.97. The number of carboxylic acid groups (broad SMARTS) is 1. The standard InChI is InChI=1S/C19H24N2O5/c1-18(2,3)26-17(25)21-11-7-10-19(21,16(23)24)13-14(20-15(13)22)12-8-5-4-6-9-12/h4-6,8-9,13-14H,7,10-11H2,1-3H3,(H,20,22)(H,23,24)/t13-,14+,19+/m0/s1. The first-order chi connectivity index (χ1) is 12.2. The van der Waals surface area contributed by atoms with Crippen LogP contribution in [0.3, 0.4) is 0 Å². The first-order valence-corrected chi connectivity index (χ1v) is 8.76. The molecule has 2 N–H and O–H groups in total. The molecule has 7 nitrogen and oxygen atoms in total. The summed E-state index contributed by atoms with van der Waals surface area (Å²) in [7, 11) is 0. The summed E-state index contributed by atoms with van der Waals surface area (Å²) in [6, 6.07) is 8.78. The Morgan fingerprint density at radius 3 is 2.46 bits per heavy atom. The van der Waals surface area contributed by atoms with Crippen molar-refractivity contribution in [3.05, 3.63) is 35.9 Å². The van der Waals surface area contributed by atoms with E-state index in [1.807, 2.05) is 30.3 Å². The normalized spacial score (nSPS) is 28.3. The summed E-state index contributed by atoms with van der Waals surface area (Å²) in [6.45, 7) is 5.44. The van der Waals surface area contributed by atoms with Crippen molar-refractivity contribution in [2.24, 2.45) is 5.92 Å². The van der Waals surface area contributed by atoms with E-state index in [2.05, 4.69) is 5.32 Å². The van der Waals surface area contributed by atoms with Crippen LogP contribution in [0.25, 0.3) is 0 Å². The third-order valence-electron chi connectivity index (χ3n) is 4.99. The lowest BCUT2D eigenvalue weighted by Crippen LogP contribution is -2.69. The number of ether oxygens (including phenoxy) is 1. The van der Waals surface area contributed by atoms with Crippen molar-refractivity contribution in [3.63, 3.8) is 0 Å². The van der Waals surface area contributed by atoms with E-state index in [9.17, 15) is 19.5 Å². The molecule has 0 radical (unpaired) electrons. The Morgan fingerprint density at radius 1 is 1.27 bits per heavy atom.